The Bertz CT molecular complexity index is 816. The lowest BCUT2D eigenvalue weighted by Crippen LogP contribution is -2.04. The molecule has 0 bridgehead atoms. The van der Waals surface area contributed by atoms with Crippen LogP contribution in [-0.2, 0) is 12.8 Å². The van der Waals surface area contributed by atoms with Crippen molar-refractivity contribution in [2.45, 2.75) is 12.8 Å². The highest BCUT2D eigenvalue weighted by atomic mass is 19.4. The van der Waals surface area contributed by atoms with E-state index in [0.29, 0.717) is 17.7 Å². The molecule has 0 fully saturated rings. The summed E-state index contributed by atoms with van der Waals surface area (Å²) in [6, 6.07) is 16.3. The number of hydrogen-bond acceptors (Lipinski definition) is 2. The summed E-state index contributed by atoms with van der Waals surface area (Å²) in [4.78, 5) is 4.10. The first-order valence-electron chi connectivity index (χ1n) is 7.32. The van der Waals surface area contributed by atoms with Crippen LogP contribution in [0.25, 0.3) is 11.1 Å². The van der Waals surface area contributed by atoms with Crippen LogP contribution in [0.3, 0.4) is 0 Å². The largest absolute Gasteiger partial charge is 0.489 e. The van der Waals surface area contributed by atoms with Gasteiger partial charge in [-0.1, -0.05) is 30.3 Å². The van der Waals surface area contributed by atoms with Gasteiger partial charge in [0.15, 0.2) is 0 Å². The first-order chi connectivity index (χ1) is 11.5. The zero-order valence-corrected chi connectivity index (χ0v) is 12.6. The molecule has 0 radical (unpaired) electrons. The van der Waals surface area contributed by atoms with Gasteiger partial charge in [0.25, 0.3) is 0 Å². The van der Waals surface area contributed by atoms with E-state index in [9.17, 15) is 13.2 Å². The van der Waals surface area contributed by atoms with E-state index in [0.717, 1.165) is 23.4 Å². The summed E-state index contributed by atoms with van der Waals surface area (Å²) in [7, 11) is 0. The molecule has 0 aliphatic heterocycles. The van der Waals surface area contributed by atoms with Gasteiger partial charge in [-0.15, -0.1) is 0 Å². The summed E-state index contributed by atoms with van der Waals surface area (Å²) in [6.45, 7) is 0.295. The number of pyridine rings is 1. The lowest BCUT2D eigenvalue weighted by molar-refractivity contribution is -0.137. The van der Waals surface area contributed by atoms with Gasteiger partial charge in [-0.2, -0.15) is 13.2 Å². The zero-order chi connectivity index (χ0) is 17.0. The van der Waals surface area contributed by atoms with Gasteiger partial charge in [0.1, 0.15) is 12.4 Å². The smallest absolute Gasteiger partial charge is 0.416 e. The molecule has 24 heavy (non-hydrogen) atoms. The molecule has 0 spiro atoms. The SMILES string of the molecule is FC(F)(F)c1cccc(-c2cncc(COc3ccccc3)c2)c1. The van der Waals surface area contributed by atoms with Crippen molar-refractivity contribution in [1.29, 1.82) is 0 Å². The predicted octanol–water partition coefficient (Wildman–Crippen LogP) is 5.35. The summed E-state index contributed by atoms with van der Waals surface area (Å²) in [5.74, 6) is 0.724. The second kappa shape index (κ2) is 6.74. The maximum atomic E-state index is 12.8. The highest BCUT2D eigenvalue weighted by Gasteiger charge is 2.30. The van der Waals surface area contributed by atoms with Gasteiger partial charge < -0.3 is 4.74 Å². The highest BCUT2D eigenvalue weighted by Crippen LogP contribution is 2.32. The minimum Gasteiger partial charge on any atom is -0.489 e. The Morgan fingerprint density at radius 3 is 2.38 bits per heavy atom. The third-order valence-corrected chi connectivity index (χ3v) is 3.47. The minimum absolute atomic E-state index is 0.295. The molecule has 122 valence electrons. The summed E-state index contributed by atoms with van der Waals surface area (Å²) >= 11 is 0. The molecule has 3 rings (SSSR count). The van der Waals surface area contributed by atoms with Gasteiger partial charge in [-0.3, -0.25) is 4.98 Å². The molecule has 5 heteroatoms. The first-order valence-corrected chi connectivity index (χ1v) is 7.32. The van der Waals surface area contributed by atoms with Crippen molar-refractivity contribution in [2.24, 2.45) is 0 Å². The number of hydrogen-bond donors (Lipinski definition) is 0. The molecule has 0 saturated heterocycles. The van der Waals surface area contributed by atoms with Crippen LogP contribution in [0.1, 0.15) is 11.1 Å². The minimum atomic E-state index is -4.36. The fourth-order valence-corrected chi connectivity index (χ4v) is 2.28. The fraction of sp³-hybridized carbons (Fsp3) is 0.105. The molecular formula is C19H14F3NO. The van der Waals surface area contributed by atoms with E-state index < -0.39 is 11.7 Å². The van der Waals surface area contributed by atoms with Crippen molar-refractivity contribution in [1.82, 2.24) is 4.98 Å². The maximum Gasteiger partial charge on any atom is 0.416 e. The molecule has 0 amide bonds. The maximum absolute atomic E-state index is 12.8. The molecule has 2 aromatic carbocycles. The van der Waals surface area contributed by atoms with E-state index in [1.165, 1.54) is 6.07 Å². The lowest BCUT2D eigenvalue weighted by atomic mass is 10.0. The molecule has 2 nitrogen and oxygen atoms in total. The number of aromatic nitrogens is 1. The van der Waals surface area contributed by atoms with Gasteiger partial charge in [0.2, 0.25) is 0 Å². The number of ether oxygens (including phenoxy) is 1. The third kappa shape index (κ3) is 3.93. The quantitative estimate of drug-likeness (QED) is 0.644. The van der Waals surface area contributed by atoms with Gasteiger partial charge in [-0.05, 0) is 35.9 Å². The summed E-state index contributed by atoms with van der Waals surface area (Å²) in [5, 5.41) is 0. The second-order valence-corrected chi connectivity index (χ2v) is 5.26. The van der Waals surface area contributed by atoms with Crippen LogP contribution in [0.2, 0.25) is 0 Å². The Kier molecular flexibility index (Phi) is 4.51. The van der Waals surface area contributed by atoms with Crippen molar-refractivity contribution in [2.75, 3.05) is 0 Å². The monoisotopic (exact) mass is 329 g/mol. The molecule has 0 atom stereocenters. The standard InChI is InChI=1S/C19H14F3NO/c20-19(21,22)17-6-4-5-15(10-17)16-9-14(11-23-12-16)13-24-18-7-2-1-3-8-18/h1-12H,13H2. The van der Waals surface area contributed by atoms with Crippen molar-refractivity contribution in [3.63, 3.8) is 0 Å². The van der Waals surface area contributed by atoms with Crippen LogP contribution in [-0.4, -0.2) is 4.98 Å². The number of nitrogens with zero attached hydrogens (tertiary/aromatic N) is 1. The fourth-order valence-electron chi connectivity index (χ4n) is 2.28. The molecule has 3 aromatic rings. The molecule has 1 aromatic heterocycles. The molecule has 0 aliphatic rings. The van der Waals surface area contributed by atoms with Crippen LogP contribution in [0, 0.1) is 0 Å². The Morgan fingerprint density at radius 1 is 0.833 bits per heavy atom. The lowest BCUT2D eigenvalue weighted by Gasteiger charge is -2.10. The summed E-state index contributed by atoms with van der Waals surface area (Å²) in [6.07, 6.45) is -1.18. The first kappa shape index (κ1) is 16.1. The Morgan fingerprint density at radius 2 is 1.62 bits per heavy atom. The second-order valence-electron chi connectivity index (χ2n) is 5.26. The molecule has 0 N–H and O–H groups in total. The normalized spacial score (nSPS) is 11.3. The highest BCUT2D eigenvalue weighted by molar-refractivity contribution is 5.64. The van der Waals surface area contributed by atoms with Crippen LogP contribution in [0.5, 0.6) is 5.75 Å². The zero-order valence-electron chi connectivity index (χ0n) is 12.6. The average Bonchev–Trinajstić information content (AvgIpc) is 2.60. The van der Waals surface area contributed by atoms with Crippen LogP contribution in [0.4, 0.5) is 13.2 Å². The Hall–Kier alpha value is -2.82. The number of para-hydroxylation sites is 1. The van der Waals surface area contributed by atoms with E-state index >= 15 is 0 Å². The Labute approximate surface area is 137 Å². The predicted molar refractivity (Wildman–Crippen MR) is 85.4 cm³/mol. The number of rotatable bonds is 4. The molecule has 0 saturated carbocycles. The van der Waals surface area contributed by atoms with E-state index in [4.69, 9.17) is 4.74 Å². The molecule has 1 heterocycles. The molecule has 0 aliphatic carbocycles. The van der Waals surface area contributed by atoms with E-state index in [1.807, 2.05) is 30.3 Å². The van der Waals surface area contributed by atoms with Crippen molar-refractivity contribution >= 4 is 0 Å². The summed E-state index contributed by atoms with van der Waals surface area (Å²) in [5.41, 5.74) is 1.20. The van der Waals surface area contributed by atoms with Gasteiger partial charge in [-0.25, -0.2) is 0 Å². The van der Waals surface area contributed by atoms with Crippen molar-refractivity contribution < 1.29 is 17.9 Å². The van der Waals surface area contributed by atoms with E-state index in [1.54, 1.807) is 24.5 Å². The van der Waals surface area contributed by atoms with Crippen LogP contribution < -0.4 is 4.74 Å². The van der Waals surface area contributed by atoms with Crippen molar-refractivity contribution in [3.8, 4) is 16.9 Å². The average molecular weight is 329 g/mol. The van der Waals surface area contributed by atoms with E-state index in [2.05, 4.69) is 4.98 Å². The van der Waals surface area contributed by atoms with Gasteiger partial charge in [0, 0.05) is 23.5 Å². The number of benzene rings is 2. The number of halogens is 3. The van der Waals surface area contributed by atoms with Crippen LogP contribution >= 0.6 is 0 Å². The van der Waals surface area contributed by atoms with Crippen LogP contribution in [0.15, 0.2) is 73.1 Å². The Balaban J connectivity index is 1.80. The van der Waals surface area contributed by atoms with Gasteiger partial charge in [0.05, 0.1) is 5.56 Å². The molecular weight excluding hydrogens is 315 g/mol. The number of alkyl halides is 3. The van der Waals surface area contributed by atoms with E-state index in [-0.39, 0.29) is 0 Å². The van der Waals surface area contributed by atoms with Gasteiger partial charge >= 0.3 is 6.18 Å². The summed E-state index contributed by atoms with van der Waals surface area (Å²) < 4.78 is 44.1. The molecule has 0 unspecified atom stereocenters. The topological polar surface area (TPSA) is 22.1 Å². The third-order valence-electron chi connectivity index (χ3n) is 3.47. The van der Waals surface area contributed by atoms with Crippen molar-refractivity contribution in [3.05, 3.63) is 84.2 Å².